The maximum Gasteiger partial charge on any atom is 0.247 e. The fourth-order valence-corrected chi connectivity index (χ4v) is 9.08. The van der Waals surface area contributed by atoms with Crippen molar-refractivity contribution in [2.45, 2.75) is 108 Å². The molecule has 9 N–H and O–H groups in total. The monoisotopic (exact) mass is 1010 g/mol. The summed E-state index contributed by atoms with van der Waals surface area (Å²) in [5.74, 6) is -4.40. The third kappa shape index (κ3) is 16.4. The van der Waals surface area contributed by atoms with Crippen molar-refractivity contribution in [3.05, 3.63) is 173 Å². The summed E-state index contributed by atoms with van der Waals surface area (Å²) < 4.78 is 5.92. The van der Waals surface area contributed by atoms with Gasteiger partial charge in [-0.3, -0.25) is 33.6 Å². The van der Waals surface area contributed by atoms with Gasteiger partial charge in [-0.2, -0.15) is 0 Å². The van der Waals surface area contributed by atoms with Crippen molar-refractivity contribution in [2.24, 2.45) is 17.4 Å². The van der Waals surface area contributed by atoms with Crippen LogP contribution in [0, 0.1) is 5.92 Å². The molecule has 0 radical (unpaired) electrons. The topological polar surface area (TPSA) is 244 Å². The van der Waals surface area contributed by atoms with Crippen LogP contribution in [0.25, 0.3) is 0 Å². The second-order valence-corrected chi connectivity index (χ2v) is 18.6. The number of carbonyl (C=O) groups is 7. The Kier molecular flexibility index (Phi) is 21.4. The number of ketones is 1. The quantitative estimate of drug-likeness (QED) is 0.0366. The van der Waals surface area contributed by atoms with E-state index in [1.54, 1.807) is 49.4 Å². The zero-order valence-electron chi connectivity index (χ0n) is 42.3. The van der Waals surface area contributed by atoms with Crippen molar-refractivity contribution in [1.29, 1.82) is 0 Å². The molecule has 74 heavy (non-hydrogen) atoms. The lowest BCUT2D eigenvalue weighted by molar-refractivity contribution is -0.144. The molecule has 1 aliphatic heterocycles. The van der Waals surface area contributed by atoms with E-state index in [-0.39, 0.29) is 44.6 Å². The normalized spacial score (nSPS) is 16.1. The summed E-state index contributed by atoms with van der Waals surface area (Å²) >= 11 is 0. The van der Waals surface area contributed by atoms with Crippen molar-refractivity contribution in [1.82, 2.24) is 31.5 Å². The molecule has 390 valence electrons. The molecule has 0 aliphatic carbocycles. The minimum absolute atomic E-state index is 0.0167. The molecule has 1 aliphatic rings. The predicted molar refractivity (Wildman–Crippen MR) is 283 cm³/mol. The molecule has 5 aromatic carbocycles. The molecule has 0 saturated carbocycles. The Bertz CT molecular complexity index is 2610. The van der Waals surface area contributed by atoms with Gasteiger partial charge in [0.2, 0.25) is 35.4 Å². The molecule has 16 heteroatoms. The standard InChI is InChI=1S/C58H70N8O8/c1-3-61-53(68)46-33-35-66(58(73)50(37-41-20-10-5-11-21-41)64-54(69)47(60)36-42-27-30-45(31-28-42)74-38-43-22-12-6-13-23-43)52(46)57(72)65-51(44-24-14-7-15-25-44)56(71)63-49(32-29-40-18-8-4-9-19-40)55(70)62-48(39(2)67)26-16-17-34-59/h4-15,18-25,27-28,30-31,46-52H,3,16-17,26,29,32-38,59-60H2,1-2H3,(H,61,68)(H,62,70)(H,63,71)(H,64,69)(H,65,72)/t46?,47-,48-,49+,50-,51?,52-/m0/s1. The highest BCUT2D eigenvalue weighted by atomic mass is 16.5. The second-order valence-electron chi connectivity index (χ2n) is 18.6. The van der Waals surface area contributed by atoms with Crippen molar-refractivity contribution >= 4 is 41.2 Å². The molecule has 0 spiro atoms. The lowest BCUT2D eigenvalue weighted by Crippen LogP contribution is -2.59. The molecular formula is C58H70N8O8. The van der Waals surface area contributed by atoms with Crippen molar-refractivity contribution in [3.8, 4) is 5.75 Å². The third-order valence-corrected chi connectivity index (χ3v) is 13.1. The van der Waals surface area contributed by atoms with Gasteiger partial charge in [0.15, 0.2) is 5.78 Å². The van der Waals surface area contributed by atoms with Crippen LogP contribution in [0.3, 0.4) is 0 Å². The maximum absolute atomic E-state index is 15.0. The molecular weight excluding hydrogens is 937 g/mol. The van der Waals surface area contributed by atoms with Crippen molar-refractivity contribution in [2.75, 3.05) is 19.6 Å². The summed E-state index contributed by atoms with van der Waals surface area (Å²) in [6, 6.07) is 36.9. The van der Waals surface area contributed by atoms with E-state index in [1.807, 2.05) is 103 Å². The minimum Gasteiger partial charge on any atom is -0.489 e. The summed E-state index contributed by atoms with van der Waals surface area (Å²) in [5.41, 5.74) is 16.0. The Morgan fingerprint density at radius 3 is 1.78 bits per heavy atom. The molecule has 2 unspecified atom stereocenters. The number of benzene rings is 5. The van der Waals surface area contributed by atoms with E-state index in [0.29, 0.717) is 50.1 Å². The van der Waals surface area contributed by atoms with Crippen LogP contribution in [0.4, 0.5) is 0 Å². The van der Waals surface area contributed by atoms with Gasteiger partial charge in [-0.15, -0.1) is 0 Å². The number of rotatable bonds is 27. The Balaban J connectivity index is 1.24. The number of hydrogen-bond acceptors (Lipinski definition) is 10. The highest BCUT2D eigenvalue weighted by molar-refractivity contribution is 5.99. The molecule has 1 fully saturated rings. The van der Waals surface area contributed by atoms with Crippen LogP contribution < -0.4 is 42.8 Å². The highest BCUT2D eigenvalue weighted by Crippen LogP contribution is 2.28. The Labute approximate surface area is 433 Å². The maximum atomic E-state index is 15.0. The average molecular weight is 1010 g/mol. The van der Waals surface area contributed by atoms with Gasteiger partial charge in [0.05, 0.1) is 18.0 Å². The zero-order valence-corrected chi connectivity index (χ0v) is 42.3. The molecule has 0 aromatic heterocycles. The van der Waals surface area contributed by atoms with Crippen LogP contribution >= 0.6 is 0 Å². The van der Waals surface area contributed by atoms with Gasteiger partial charge in [-0.1, -0.05) is 133 Å². The first-order chi connectivity index (χ1) is 35.8. The first kappa shape index (κ1) is 55.6. The molecule has 16 nitrogen and oxygen atoms in total. The van der Waals surface area contributed by atoms with Crippen molar-refractivity contribution in [3.63, 3.8) is 0 Å². The third-order valence-electron chi connectivity index (χ3n) is 13.1. The molecule has 6 amide bonds. The van der Waals surface area contributed by atoms with Gasteiger partial charge < -0.3 is 47.7 Å². The van der Waals surface area contributed by atoms with E-state index < -0.39 is 77.6 Å². The highest BCUT2D eigenvalue weighted by Gasteiger charge is 2.48. The predicted octanol–water partition coefficient (Wildman–Crippen LogP) is 4.39. The summed E-state index contributed by atoms with van der Waals surface area (Å²) in [6.07, 6.45) is 2.50. The number of nitrogens with two attached hydrogens (primary N) is 2. The molecule has 7 atom stereocenters. The van der Waals surface area contributed by atoms with Crippen LogP contribution in [0.2, 0.25) is 0 Å². The number of ether oxygens (including phenoxy) is 1. The van der Waals surface area contributed by atoms with Gasteiger partial charge in [0, 0.05) is 19.5 Å². The van der Waals surface area contributed by atoms with E-state index in [9.17, 15) is 28.8 Å². The van der Waals surface area contributed by atoms with Crippen LogP contribution in [-0.2, 0) is 59.4 Å². The van der Waals surface area contributed by atoms with Gasteiger partial charge >= 0.3 is 0 Å². The smallest absolute Gasteiger partial charge is 0.247 e. The van der Waals surface area contributed by atoms with E-state index >= 15 is 4.79 Å². The Morgan fingerprint density at radius 2 is 1.18 bits per heavy atom. The summed E-state index contributed by atoms with van der Waals surface area (Å²) in [7, 11) is 0. The molecule has 0 bridgehead atoms. The zero-order chi connectivity index (χ0) is 52.8. The first-order valence-corrected chi connectivity index (χ1v) is 25.5. The fourth-order valence-electron chi connectivity index (χ4n) is 9.08. The van der Waals surface area contributed by atoms with E-state index in [0.717, 1.165) is 22.3 Å². The van der Waals surface area contributed by atoms with Crippen molar-refractivity contribution < 1.29 is 38.3 Å². The number of nitrogens with zero attached hydrogens (tertiary/aromatic N) is 1. The van der Waals surface area contributed by atoms with E-state index in [1.165, 1.54) is 11.8 Å². The number of nitrogens with one attached hydrogen (secondary N) is 5. The SMILES string of the molecule is CCNC(=O)C1CCN(C(=O)[C@H](Cc2ccccc2)NC(=O)[C@@H](N)Cc2ccc(OCc3ccccc3)cc2)[C@@H]1C(=O)NC(C(=O)N[C@H](CCc1ccccc1)C(=O)N[C@@H](CCCCN)C(C)=O)c1ccccc1. The largest absolute Gasteiger partial charge is 0.489 e. The number of Topliss-reactive ketones (excluding diaryl/α,β-unsaturated/α-hetero) is 1. The average Bonchev–Trinajstić information content (AvgIpc) is 3.87. The number of aryl methyl sites for hydroxylation is 1. The van der Waals surface area contributed by atoms with Crippen LogP contribution in [0.5, 0.6) is 5.75 Å². The summed E-state index contributed by atoms with van der Waals surface area (Å²) in [4.78, 5) is 101. The van der Waals surface area contributed by atoms with Crippen LogP contribution in [0.15, 0.2) is 146 Å². The first-order valence-electron chi connectivity index (χ1n) is 25.5. The van der Waals surface area contributed by atoms with Gasteiger partial charge in [-0.25, -0.2) is 0 Å². The number of amides is 6. The Morgan fingerprint density at radius 1 is 0.608 bits per heavy atom. The van der Waals surface area contributed by atoms with E-state index in [2.05, 4.69) is 26.6 Å². The van der Waals surface area contributed by atoms with Gasteiger partial charge in [0.1, 0.15) is 36.5 Å². The lowest BCUT2D eigenvalue weighted by Gasteiger charge is -2.32. The molecule has 1 heterocycles. The fraction of sp³-hybridized carbons (Fsp3) is 0.362. The minimum atomic E-state index is -1.42. The van der Waals surface area contributed by atoms with E-state index in [4.69, 9.17) is 16.2 Å². The second kappa shape index (κ2) is 28.5. The molecule has 5 aromatic rings. The molecule has 6 rings (SSSR count). The Hall–Kier alpha value is -7.69. The number of hydrogen-bond donors (Lipinski definition) is 7. The number of likely N-dealkylation sites (tertiary alicyclic amines) is 1. The van der Waals surface area contributed by atoms with Crippen LogP contribution in [0.1, 0.15) is 79.8 Å². The van der Waals surface area contributed by atoms with Gasteiger partial charge in [-0.05, 0) is 105 Å². The summed E-state index contributed by atoms with van der Waals surface area (Å²) in [5, 5.41) is 14.2. The number of carbonyl (C=O) groups excluding carboxylic acids is 7. The van der Waals surface area contributed by atoms with Gasteiger partial charge in [0.25, 0.3) is 0 Å². The lowest BCUT2D eigenvalue weighted by atomic mass is 9.96. The van der Waals surface area contributed by atoms with Crippen LogP contribution in [-0.4, -0.2) is 96.0 Å². The molecule has 1 saturated heterocycles. The summed E-state index contributed by atoms with van der Waals surface area (Å²) in [6.45, 7) is 4.20. The number of unbranched alkanes of at least 4 members (excludes halogenated alkanes) is 1.